The second-order valence-electron chi connectivity index (χ2n) is 6.70. The number of aliphatic hydroxyl groups is 1. The van der Waals surface area contributed by atoms with E-state index in [4.69, 9.17) is 0 Å². The van der Waals surface area contributed by atoms with E-state index in [2.05, 4.69) is 0 Å². The maximum atomic E-state index is 15.0. The molecule has 4 rings (SSSR count). The average molecular weight is 339 g/mol. The van der Waals surface area contributed by atoms with E-state index in [1.807, 2.05) is 30.3 Å². The van der Waals surface area contributed by atoms with Gasteiger partial charge in [0.25, 0.3) is 5.91 Å². The molecule has 0 saturated heterocycles. The fourth-order valence-electron chi connectivity index (χ4n) is 3.41. The predicted molar refractivity (Wildman–Crippen MR) is 90.6 cm³/mol. The molecule has 0 bridgehead atoms. The minimum atomic E-state index is -2.44. The third kappa shape index (κ3) is 2.46. The van der Waals surface area contributed by atoms with Gasteiger partial charge in [-0.15, -0.1) is 0 Å². The highest BCUT2D eigenvalue weighted by molar-refractivity contribution is 6.10. The van der Waals surface area contributed by atoms with Gasteiger partial charge in [-0.3, -0.25) is 9.59 Å². The summed E-state index contributed by atoms with van der Waals surface area (Å²) in [5, 5.41) is 11.0. The Kier molecular flexibility index (Phi) is 3.69. The molecule has 2 aromatic carbocycles. The van der Waals surface area contributed by atoms with Crippen molar-refractivity contribution in [2.45, 2.75) is 31.2 Å². The number of ketones is 1. The molecular weight excluding hydrogens is 321 g/mol. The quantitative estimate of drug-likeness (QED) is 0.911. The molecule has 25 heavy (non-hydrogen) atoms. The molecule has 0 radical (unpaired) electrons. The van der Waals surface area contributed by atoms with Crippen LogP contribution in [0, 0.1) is 5.92 Å². The zero-order valence-corrected chi connectivity index (χ0v) is 13.6. The van der Waals surface area contributed by atoms with Gasteiger partial charge in [-0.05, 0) is 24.5 Å². The van der Waals surface area contributed by atoms with Gasteiger partial charge in [0, 0.05) is 11.5 Å². The van der Waals surface area contributed by atoms with Crippen LogP contribution in [-0.2, 0) is 21.7 Å². The lowest BCUT2D eigenvalue weighted by atomic mass is 9.87. The van der Waals surface area contributed by atoms with E-state index >= 15 is 0 Å². The number of nitrogens with zero attached hydrogens (tertiary/aromatic N) is 1. The predicted octanol–water partition coefficient (Wildman–Crippen LogP) is 2.74. The normalized spacial score (nSPS) is 23.4. The Balaban J connectivity index is 1.74. The molecule has 1 aliphatic carbocycles. The molecule has 0 aromatic heterocycles. The molecule has 0 unspecified atom stereocenters. The number of amides is 1. The maximum absolute atomic E-state index is 15.0. The number of carbonyl (C=O) groups excluding carboxylic acids is 2. The van der Waals surface area contributed by atoms with Crippen LogP contribution in [0.4, 0.5) is 10.1 Å². The summed E-state index contributed by atoms with van der Waals surface area (Å²) in [6.07, 6.45) is -0.993. The number of hydrogen-bond donors (Lipinski definition) is 1. The Bertz CT molecular complexity index is 834. The Hall–Kier alpha value is -2.53. The summed E-state index contributed by atoms with van der Waals surface area (Å²) < 4.78 is 15.0. The number of Topliss-reactive ketones (excluding diaryl/α,β-unsaturated/α-hetero) is 1. The van der Waals surface area contributed by atoms with E-state index in [0.717, 1.165) is 5.56 Å². The lowest BCUT2D eigenvalue weighted by Crippen LogP contribution is -2.50. The van der Waals surface area contributed by atoms with Crippen molar-refractivity contribution in [1.29, 1.82) is 0 Å². The van der Waals surface area contributed by atoms with E-state index in [9.17, 15) is 19.1 Å². The number of anilines is 1. The van der Waals surface area contributed by atoms with Crippen molar-refractivity contribution in [2.75, 3.05) is 4.90 Å². The summed E-state index contributed by atoms with van der Waals surface area (Å²) in [6.45, 7) is 0.212. The first-order valence-corrected chi connectivity index (χ1v) is 8.39. The van der Waals surface area contributed by atoms with Crippen molar-refractivity contribution in [2.24, 2.45) is 5.92 Å². The van der Waals surface area contributed by atoms with Gasteiger partial charge >= 0.3 is 0 Å². The number of para-hydroxylation sites is 1. The molecule has 1 aliphatic heterocycles. The first-order chi connectivity index (χ1) is 12.0. The highest BCUT2D eigenvalue weighted by Crippen LogP contribution is 2.46. The van der Waals surface area contributed by atoms with E-state index in [1.54, 1.807) is 18.2 Å². The standard InChI is InChI=1S/C20H18FNO3/c21-18(17(23)14-10-11-14)20(25)15-8-4-5-9-16(15)22(19(20)24)12-13-6-2-1-3-7-13/h1-9,14,18,25H,10-12H2/t18-,20-/m1/s1. The molecule has 2 aliphatic rings. The molecule has 1 heterocycles. The highest BCUT2D eigenvalue weighted by Gasteiger charge is 2.59. The molecule has 1 amide bonds. The van der Waals surface area contributed by atoms with Crippen LogP contribution >= 0.6 is 0 Å². The number of alkyl halides is 1. The van der Waals surface area contributed by atoms with Crippen molar-refractivity contribution in [1.82, 2.24) is 0 Å². The van der Waals surface area contributed by atoms with E-state index in [-0.39, 0.29) is 18.0 Å². The lowest BCUT2D eigenvalue weighted by molar-refractivity contribution is -0.152. The van der Waals surface area contributed by atoms with Gasteiger partial charge in [0.15, 0.2) is 5.78 Å². The summed E-state index contributed by atoms with van der Waals surface area (Å²) in [7, 11) is 0. The molecule has 2 atom stereocenters. The molecule has 5 heteroatoms. The molecule has 2 aromatic rings. The van der Waals surface area contributed by atoms with Crippen LogP contribution in [0.15, 0.2) is 54.6 Å². The summed E-state index contributed by atoms with van der Waals surface area (Å²) >= 11 is 0. The molecule has 4 nitrogen and oxygen atoms in total. The third-order valence-corrected chi connectivity index (χ3v) is 4.96. The van der Waals surface area contributed by atoms with E-state index in [0.29, 0.717) is 18.5 Å². The Morgan fingerprint density at radius 2 is 1.80 bits per heavy atom. The number of hydrogen-bond acceptors (Lipinski definition) is 3. The van der Waals surface area contributed by atoms with Gasteiger partial charge in [0.1, 0.15) is 0 Å². The number of halogens is 1. The highest BCUT2D eigenvalue weighted by atomic mass is 19.1. The topological polar surface area (TPSA) is 57.6 Å². The Morgan fingerprint density at radius 3 is 2.48 bits per heavy atom. The van der Waals surface area contributed by atoms with Crippen LogP contribution in [0.5, 0.6) is 0 Å². The van der Waals surface area contributed by atoms with Crippen molar-refractivity contribution < 1.29 is 19.1 Å². The van der Waals surface area contributed by atoms with E-state index < -0.39 is 23.5 Å². The molecule has 1 saturated carbocycles. The summed E-state index contributed by atoms with van der Waals surface area (Å²) in [4.78, 5) is 26.5. The fourth-order valence-corrected chi connectivity index (χ4v) is 3.41. The molecule has 1 fully saturated rings. The van der Waals surface area contributed by atoms with Gasteiger partial charge in [0.2, 0.25) is 11.8 Å². The minimum Gasteiger partial charge on any atom is -0.373 e. The van der Waals surface area contributed by atoms with E-state index in [1.165, 1.54) is 11.0 Å². The molecule has 0 spiro atoms. The van der Waals surface area contributed by atoms with Crippen LogP contribution in [-0.4, -0.2) is 23.0 Å². The van der Waals surface area contributed by atoms with Crippen LogP contribution in [0.2, 0.25) is 0 Å². The van der Waals surface area contributed by atoms with Gasteiger partial charge in [-0.2, -0.15) is 0 Å². The second kappa shape index (κ2) is 5.77. The smallest absolute Gasteiger partial charge is 0.267 e. The molecular formula is C20H18FNO3. The Morgan fingerprint density at radius 1 is 1.16 bits per heavy atom. The minimum absolute atomic E-state index is 0.164. The first-order valence-electron chi connectivity index (χ1n) is 8.39. The number of benzene rings is 2. The number of rotatable bonds is 5. The largest absolute Gasteiger partial charge is 0.373 e. The average Bonchev–Trinajstić information content (AvgIpc) is 3.47. The number of fused-ring (bicyclic) bond motifs is 1. The van der Waals surface area contributed by atoms with Crippen LogP contribution in [0.1, 0.15) is 24.0 Å². The van der Waals surface area contributed by atoms with Crippen molar-refractivity contribution in [3.63, 3.8) is 0 Å². The van der Waals surface area contributed by atoms with Gasteiger partial charge in [-0.25, -0.2) is 4.39 Å². The monoisotopic (exact) mass is 339 g/mol. The third-order valence-electron chi connectivity index (χ3n) is 4.96. The van der Waals surface area contributed by atoms with Crippen LogP contribution in [0.3, 0.4) is 0 Å². The van der Waals surface area contributed by atoms with Crippen LogP contribution in [0.25, 0.3) is 0 Å². The van der Waals surface area contributed by atoms with Crippen molar-refractivity contribution in [3.8, 4) is 0 Å². The van der Waals surface area contributed by atoms with Gasteiger partial charge < -0.3 is 10.0 Å². The maximum Gasteiger partial charge on any atom is 0.267 e. The summed E-state index contributed by atoms with van der Waals surface area (Å²) in [5.74, 6) is -1.83. The van der Waals surface area contributed by atoms with Crippen molar-refractivity contribution in [3.05, 3.63) is 65.7 Å². The summed E-state index contributed by atoms with van der Waals surface area (Å²) in [5.41, 5.74) is -0.966. The van der Waals surface area contributed by atoms with Gasteiger partial charge in [0.05, 0.1) is 12.2 Å². The zero-order valence-electron chi connectivity index (χ0n) is 13.6. The molecule has 128 valence electrons. The van der Waals surface area contributed by atoms with Crippen molar-refractivity contribution >= 4 is 17.4 Å². The fraction of sp³-hybridized carbons (Fsp3) is 0.300. The molecule has 1 N–H and O–H groups in total. The zero-order chi connectivity index (χ0) is 17.6. The summed E-state index contributed by atoms with van der Waals surface area (Å²) in [6, 6.07) is 15.8. The first kappa shape index (κ1) is 16.0. The van der Waals surface area contributed by atoms with Crippen LogP contribution < -0.4 is 4.90 Å². The number of carbonyl (C=O) groups is 2. The SMILES string of the molecule is O=C(C1CC1)[C@@H](F)[C@@]1(O)C(=O)N(Cc2ccccc2)c2ccccc21. The lowest BCUT2D eigenvalue weighted by Gasteiger charge is -2.26. The van der Waals surface area contributed by atoms with Gasteiger partial charge in [-0.1, -0.05) is 48.5 Å². The second-order valence-corrected chi connectivity index (χ2v) is 6.70. The Labute approximate surface area is 144 Å².